The zero-order valence-electron chi connectivity index (χ0n) is 8.06. The number of pyridine rings is 1. The number of rotatable bonds is 2. The second kappa shape index (κ2) is 3.53. The van der Waals surface area contributed by atoms with Crippen LogP contribution in [-0.4, -0.2) is 26.3 Å². The first-order valence-corrected chi connectivity index (χ1v) is 4.37. The molecule has 0 saturated heterocycles. The van der Waals surface area contributed by atoms with Gasteiger partial charge in [0.15, 0.2) is 0 Å². The molecule has 0 radical (unpaired) electrons. The van der Waals surface area contributed by atoms with Gasteiger partial charge in [0.2, 0.25) is 0 Å². The molecule has 5 heteroatoms. The van der Waals surface area contributed by atoms with Crippen LogP contribution in [0.1, 0.15) is 16.1 Å². The van der Waals surface area contributed by atoms with Crippen LogP contribution in [0.4, 0.5) is 0 Å². The van der Waals surface area contributed by atoms with Crippen LogP contribution in [0.2, 0.25) is 0 Å². The van der Waals surface area contributed by atoms with Crippen LogP contribution in [0.15, 0.2) is 24.5 Å². The van der Waals surface area contributed by atoms with E-state index in [2.05, 4.69) is 15.2 Å². The van der Waals surface area contributed by atoms with Crippen LogP contribution in [0.3, 0.4) is 0 Å². The van der Waals surface area contributed by atoms with Crippen molar-refractivity contribution in [2.75, 3.05) is 0 Å². The van der Waals surface area contributed by atoms with Crippen molar-refractivity contribution in [2.24, 2.45) is 0 Å². The first-order chi connectivity index (χ1) is 7.16. The number of aromatic carboxylic acids is 1. The van der Waals surface area contributed by atoms with Crippen LogP contribution >= 0.6 is 0 Å². The Labute approximate surface area is 85.8 Å². The van der Waals surface area contributed by atoms with Gasteiger partial charge in [-0.3, -0.25) is 10.1 Å². The molecule has 0 aliphatic heterocycles. The summed E-state index contributed by atoms with van der Waals surface area (Å²) in [4.78, 5) is 14.6. The molecule has 15 heavy (non-hydrogen) atoms. The van der Waals surface area contributed by atoms with E-state index in [1.807, 2.05) is 13.0 Å². The van der Waals surface area contributed by atoms with E-state index in [0.29, 0.717) is 5.69 Å². The molecule has 76 valence electrons. The second-order valence-corrected chi connectivity index (χ2v) is 3.22. The third kappa shape index (κ3) is 1.85. The highest BCUT2D eigenvalue weighted by molar-refractivity contribution is 5.86. The van der Waals surface area contributed by atoms with Gasteiger partial charge in [-0.05, 0) is 24.6 Å². The zero-order chi connectivity index (χ0) is 10.8. The van der Waals surface area contributed by atoms with Gasteiger partial charge < -0.3 is 5.11 Å². The summed E-state index contributed by atoms with van der Waals surface area (Å²) >= 11 is 0. The number of carboxylic acids is 1. The first kappa shape index (κ1) is 9.39. The van der Waals surface area contributed by atoms with Crippen LogP contribution in [0.5, 0.6) is 0 Å². The highest BCUT2D eigenvalue weighted by Gasteiger charge is 2.09. The zero-order valence-corrected chi connectivity index (χ0v) is 8.06. The smallest absolute Gasteiger partial charge is 0.353 e. The number of aryl methyl sites for hydroxylation is 1. The number of aromatic nitrogens is 3. The molecule has 0 aromatic carbocycles. The monoisotopic (exact) mass is 203 g/mol. The van der Waals surface area contributed by atoms with E-state index in [1.54, 1.807) is 12.4 Å². The average Bonchev–Trinajstić information content (AvgIpc) is 2.66. The molecule has 0 amide bonds. The molecule has 2 aromatic rings. The largest absolute Gasteiger partial charge is 0.477 e. The summed E-state index contributed by atoms with van der Waals surface area (Å²) in [5, 5.41) is 15.1. The van der Waals surface area contributed by atoms with Gasteiger partial charge in [0, 0.05) is 18.0 Å². The summed E-state index contributed by atoms with van der Waals surface area (Å²) in [6, 6.07) is 3.38. The van der Waals surface area contributed by atoms with Crippen molar-refractivity contribution >= 4 is 5.97 Å². The lowest BCUT2D eigenvalue weighted by Gasteiger charge is -1.95. The lowest BCUT2D eigenvalue weighted by Crippen LogP contribution is -1.95. The van der Waals surface area contributed by atoms with Gasteiger partial charge in [-0.25, -0.2) is 4.79 Å². The molecular formula is C10H9N3O2. The fourth-order valence-corrected chi connectivity index (χ4v) is 1.27. The van der Waals surface area contributed by atoms with Crippen molar-refractivity contribution in [2.45, 2.75) is 6.92 Å². The van der Waals surface area contributed by atoms with Gasteiger partial charge in [0.25, 0.3) is 0 Å². The van der Waals surface area contributed by atoms with E-state index < -0.39 is 5.97 Å². The van der Waals surface area contributed by atoms with Crippen LogP contribution in [-0.2, 0) is 0 Å². The van der Waals surface area contributed by atoms with Crippen LogP contribution < -0.4 is 0 Å². The van der Waals surface area contributed by atoms with E-state index in [-0.39, 0.29) is 5.69 Å². The van der Waals surface area contributed by atoms with Crippen LogP contribution in [0, 0.1) is 6.92 Å². The van der Waals surface area contributed by atoms with E-state index in [4.69, 9.17) is 5.11 Å². The maximum atomic E-state index is 10.6. The number of H-pyrrole nitrogens is 1. The fourth-order valence-electron chi connectivity index (χ4n) is 1.27. The Morgan fingerprint density at radius 3 is 2.80 bits per heavy atom. The normalized spacial score (nSPS) is 10.2. The second-order valence-electron chi connectivity index (χ2n) is 3.22. The quantitative estimate of drug-likeness (QED) is 0.774. The minimum Gasteiger partial charge on any atom is -0.477 e. The summed E-state index contributed by atoms with van der Waals surface area (Å²) in [6.07, 6.45) is 3.38. The Morgan fingerprint density at radius 2 is 2.20 bits per heavy atom. The van der Waals surface area contributed by atoms with Gasteiger partial charge in [-0.15, -0.1) is 0 Å². The van der Waals surface area contributed by atoms with Gasteiger partial charge in [0.05, 0.1) is 5.69 Å². The maximum absolute atomic E-state index is 10.6. The number of hydrogen-bond donors (Lipinski definition) is 2. The molecule has 0 aliphatic rings. The lowest BCUT2D eigenvalue weighted by atomic mass is 10.1. The molecule has 0 saturated carbocycles. The Morgan fingerprint density at radius 1 is 1.40 bits per heavy atom. The highest BCUT2D eigenvalue weighted by atomic mass is 16.4. The first-order valence-electron chi connectivity index (χ1n) is 4.37. The predicted octanol–water partition coefficient (Wildman–Crippen LogP) is 1.48. The lowest BCUT2D eigenvalue weighted by molar-refractivity contribution is 0.0690. The average molecular weight is 203 g/mol. The third-order valence-corrected chi connectivity index (χ3v) is 1.98. The maximum Gasteiger partial charge on any atom is 0.353 e. The van der Waals surface area contributed by atoms with E-state index in [0.717, 1.165) is 11.1 Å². The molecule has 2 N–H and O–H groups in total. The SMILES string of the molecule is Cc1cncc(-c2cc(C(=O)O)[nH]n2)c1. The van der Waals surface area contributed by atoms with Crippen molar-refractivity contribution in [3.63, 3.8) is 0 Å². The molecule has 5 nitrogen and oxygen atoms in total. The van der Waals surface area contributed by atoms with Gasteiger partial charge in [-0.2, -0.15) is 5.10 Å². The Kier molecular flexibility index (Phi) is 2.21. The van der Waals surface area contributed by atoms with E-state index in [9.17, 15) is 4.79 Å². The number of carboxylic acid groups (broad SMARTS) is 1. The van der Waals surface area contributed by atoms with Crippen molar-refractivity contribution in [1.29, 1.82) is 0 Å². The number of carbonyl (C=O) groups is 1. The Bertz CT molecular complexity index is 505. The summed E-state index contributed by atoms with van der Waals surface area (Å²) < 4.78 is 0. The molecule has 0 aliphatic carbocycles. The molecule has 0 unspecified atom stereocenters. The van der Waals surface area contributed by atoms with Gasteiger partial charge in [0.1, 0.15) is 5.69 Å². The van der Waals surface area contributed by atoms with Crippen LogP contribution in [0.25, 0.3) is 11.3 Å². The summed E-state index contributed by atoms with van der Waals surface area (Å²) in [5.74, 6) is -1.02. The molecule has 0 bridgehead atoms. The van der Waals surface area contributed by atoms with Gasteiger partial charge >= 0.3 is 5.97 Å². The molecule has 0 spiro atoms. The molecule has 2 aromatic heterocycles. The summed E-state index contributed by atoms with van der Waals surface area (Å²) in [7, 11) is 0. The topological polar surface area (TPSA) is 78.9 Å². The standard InChI is InChI=1S/C10H9N3O2/c1-6-2-7(5-11-4-6)8-3-9(10(14)15)13-12-8/h2-5H,1H3,(H,12,13)(H,14,15). The van der Waals surface area contributed by atoms with E-state index >= 15 is 0 Å². The molecule has 0 atom stereocenters. The Hall–Kier alpha value is -2.17. The molecular weight excluding hydrogens is 194 g/mol. The van der Waals surface area contributed by atoms with E-state index in [1.165, 1.54) is 6.07 Å². The van der Waals surface area contributed by atoms with Gasteiger partial charge in [-0.1, -0.05) is 0 Å². The molecule has 0 fully saturated rings. The minimum atomic E-state index is -1.02. The number of aromatic amines is 1. The Balaban J connectivity index is 2.41. The van der Waals surface area contributed by atoms with Crippen molar-refractivity contribution in [3.05, 3.63) is 35.8 Å². The summed E-state index contributed by atoms with van der Waals surface area (Å²) in [5.41, 5.74) is 2.47. The highest BCUT2D eigenvalue weighted by Crippen LogP contribution is 2.17. The van der Waals surface area contributed by atoms with Crippen molar-refractivity contribution in [1.82, 2.24) is 15.2 Å². The third-order valence-electron chi connectivity index (χ3n) is 1.98. The number of hydrogen-bond acceptors (Lipinski definition) is 3. The number of nitrogens with zero attached hydrogens (tertiary/aromatic N) is 2. The predicted molar refractivity (Wildman–Crippen MR) is 53.5 cm³/mol. The van der Waals surface area contributed by atoms with Crippen molar-refractivity contribution in [3.8, 4) is 11.3 Å². The minimum absolute atomic E-state index is 0.0755. The molecule has 2 rings (SSSR count). The summed E-state index contributed by atoms with van der Waals surface area (Å²) in [6.45, 7) is 1.92. The molecule has 2 heterocycles. The fraction of sp³-hybridized carbons (Fsp3) is 0.100. The van der Waals surface area contributed by atoms with Crippen molar-refractivity contribution < 1.29 is 9.90 Å². The number of nitrogens with one attached hydrogen (secondary N) is 1.